The highest BCUT2D eigenvalue weighted by molar-refractivity contribution is 6.33. The molecule has 0 spiro atoms. The lowest BCUT2D eigenvalue weighted by molar-refractivity contribution is -0.129. The predicted molar refractivity (Wildman–Crippen MR) is 82.2 cm³/mol. The van der Waals surface area contributed by atoms with Gasteiger partial charge in [0.05, 0.1) is 24.8 Å². The molecule has 0 N–H and O–H groups in total. The topological polar surface area (TPSA) is 81.0 Å². The molecule has 6 heteroatoms. The zero-order valence-electron chi connectivity index (χ0n) is 12.3. The summed E-state index contributed by atoms with van der Waals surface area (Å²) in [5, 5.41) is 18.9. The Balaban J connectivity index is 2.37. The maximum Gasteiger partial charge on any atom is 0.228 e. The van der Waals surface area contributed by atoms with Crippen molar-refractivity contribution in [1.82, 2.24) is 4.90 Å². The molecule has 1 heterocycles. The minimum atomic E-state index is -0.290. The molecule has 0 bridgehead atoms. The van der Waals surface area contributed by atoms with Crippen molar-refractivity contribution in [2.45, 2.75) is 20.3 Å². The SMILES string of the molecule is Cc1cc2occ(CC(=O)N(CC#N)CC#N)c2c(C)c1Cl. The molecule has 1 aromatic carbocycles. The number of rotatable bonds is 4. The molecule has 5 nitrogen and oxygen atoms in total. The smallest absolute Gasteiger partial charge is 0.228 e. The van der Waals surface area contributed by atoms with Crippen molar-refractivity contribution >= 4 is 28.5 Å². The fourth-order valence-corrected chi connectivity index (χ4v) is 2.56. The molecule has 0 unspecified atom stereocenters. The van der Waals surface area contributed by atoms with Gasteiger partial charge in [-0.15, -0.1) is 0 Å². The third-order valence-corrected chi connectivity index (χ3v) is 4.09. The summed E-state index contributed by atoms with van der Waals surface area (Å²) in [6.07, 6.45) is 1.60. The van der Waals surface area contributed by atoms with Crippen LogP contribution in [0.25, 0.3) is 11.0 Å². The number of amides is 1. The number of aryl methyl sites for hydroxylation is 2. The van der Waals surface area contributed by atoms with Gasteiger partial charge < -0.3 is 9.32 Å². The van der Waals surface area contributed by atoms with Gasteiger partial charge in [-0.1, -0.05) is 11.6 Å². The number of furan rings is 1. The minimum Gasteiger partial charge on any atom is -0.464 e. The average molecular weight is 316 g/mol. The summed E-state index contributed by atoms with van der Waals surface area (Å²) < 4.78 is 5.51. The van der Waals surface area contributed by atoms with Crippen molar-refractivity contribution in [3.8, 4) is 12.1 Å². The summed E-state index contributed by atoms with van der Waals surface area (Å²) in [5.74, 6) is -0.290. The van der Waals surface area contributed by atoms with E-state index in [1.54, 1.807) is 0 Å². The molecular weight excluding hydrogens is 302 g/mol. The van der Waals surface area contributed by atoms with Gasteiger partial charge in [0.25, 0.3) is 0 Å². The maximum atomic E-state index is 12.2. The standard InChI is InChI=1S/C16H14ClN3O2/c1-10-7-13-15(11(2)16(10)17)12(9-22-13)8-14(21)20(5-3-18)6-4-19/h7,9H,5-6,8H2,1-2H3. The van der Waals surface area contributed by atoms with E-state index in [4.69, 9.17) is 26.5 Å². The van der Waals surface area contributed by atoms with E-state index < -0.39 is 0 Å². The Kier molecular flexibility index (Phi) is 4.70. The fraction of sp³-hybridized carbons (Fsp3) is 0.312. The Hall–Kier alpha value is -2.50. The van der Waals surface area contributed by atoms with Crippen LogP contribution in [0, 0.1) is 36.5 Å². The van der Waals surface area contributed by atoms with E-state index in [1.807, 2.05) is 32.1 Å². The number of nitrogens with zero attached hydrogens (tertiary/aromatic N) is 3. The van der Waals surface area contributed by atoms with Gasteiger partial charge in [0, 0.05) is 16.0 Å². The van der Waals surface area contributed by atoms with E-state index in [0.29, 0.717) is 16.2 Å². The number of carbonyl (C=O) groups excluding carboxylic acids is 1. The number of hydrogen-bond acceptors (Lipinski definition) is 4. The van der Waals surface area contributed by atoms with Crippen LogP contribution in [0.1, 0.15) is 16.7 Å². The zero-order valence-corrected chi connectivity index (χ0v) is 13.1. The molecule has 2 aromatic rings. The zero-order chi connectivity index (χ0) is 16.3. The van der Waals surface area contributed by atoms with Gasteiger partial charge in [-0.2, -0.15) is 10.5 Å². The van der Waals surface area contributed by atoms with Crippen molar-refractivity contribution in [2.75, 3.05) is 13.1 Å². The Bertz CT molecular complexity index is 795. The predicted octanol–water partition coefficient (Wildman–Crippen LogP) is 3.12. The molecule has 0 fully saturated rings. The van der Waals surface area contributed by atoms with Crippen molar-refractivity contribution < 1.29 is 9.21 Å². The van der Waals surface area contributed by atoms with Crippen LogP contribution in [-0.4, -0.2) is 23.9 Å². The van der Waals surface area contributed by atoms with Gasteiger partial charge >= 0.3 is 0 Å². The number of nitriles is 2. The van der Waals surface area contributed by atoms with Crippen molar-refractivity contribution in [3.05, 3.63) is 34.0 Å². The van der Waals surface area contributed by atoms with Crippen LogP contribution in [0.5, 0.6) is 0 Å². The number of hydrogen-bond donors (Lipinski definition) is 0. The molecule has 0 saturated heterocycles. The summed E-state index contributed by atoms with van der Waals surface area (Å²) in [6.45, 7) is 3.55. The molecule has 1 amide bonds. The maximum absolute atomic E-state index is 12.2. The van der Waals surface area contributed by atoms with E-state index in [0.717, 1.165) is 16.5 Å². The molecule has 1 aromatic heterocycles. The van der Waals surface area contributed by atoms with Crippen molar-refractivity contribution in [1.29, 1.82) is 10.5 Å². The minimum absolute atomic E-state index is 0.0661. The van der Waals surface area contributed by atoms with E-state index in [2.05, 4.69) is 0 Å². The Morgan fingerprint density at radius 2 is 1.95 bits per heavy atom. The normalized spacial score (nSPS) is 10.2. The Labute approximate surface area is 133 Å². The highest BCUT2D eigenvalue weighted by Gasteiger charge is 2.19. The van der Waals surface area contributed by atoms with Gasteiger partial charge in [0.1, 0.15) is 18.7 Å². The molecule has 0 saturated carbocycles. The fourth-order valence-electron chi connectivity index (χ4n) is 2.42. The molecule has 0 atom stereocenters. The Morgan fingerprint density at radius 3 is 2.55 bits per heavy atom. The highest BCUT2D eigenvalue weighted by Crippen LogP contribution is 2.32. The number of benzene rings is 1. The molecule has 112 valence electrons. The number of fused-ring (bicyclic) bond motifs is 1. The van der Waals surface area contributed by atoms with Crippen molar-refractivity contribution in [3.63, 3.8) is 0 Å². The molecule has 0 aliphatic rings. The molecular formula is C16H14ClN3O2. The van der Waals surface area contributed by atoms with Crippen molar-refractivity contribution in [2.24, 2.45) is 0 Å². The first-order valence-electron chi connectivity index (χ1n) is 6.67. The third kappa shape index (κ3) is 2.90. The lowest BCUT2D eigenvalue weighted by Crippen LogP contribution is -2.33. The number of halogens is 1. The Morgan fingerprint density at radius 1 is 1.32 bits per heavy atom. The third-order valence-electron chi connectivity index (χ3n) is 3.51. The van der Waals surface area contributed by atoms with Crippen LogP contribution < -0.4 is 0 Å². The van der Waals surface area contributed by atoms with Gasteiger partial charge in [-0.25, -0.2) is 0 Å². The lowest BCUT2D eigenvalue weighted by Gasteiger charge is -2.15. The van der Waals surface area contributed by atoms with Gasteiger partial charge in [-0.05, 0) is 31.0 Å². The molecule has 0 radical (unpaired) electrons. The second-order valence-electron chi connectivity index (χ2n) is 5.01. The summed E-state index contributed by atoms with van der Waals surface area (Å²) in [6, 6.07) is 5.61. The van der Waals surface area contributed by atoms with Crippen LogP contribution in [0.4, 0.5) is 0 Å². The molecule has 22 heavy (non-hydrogen) atoms. The first-order chi connectivity index (χ1) is 10.5. The first-order valence-corrected chi connectivity index (χ1v) is 7.04. The van der Waals surface area contributed by atoms with Crippen LogP contribution >= 0.6 is 11.6 Å². The van der Waals surface area contributed by atoms with Crippen LogP contribution in [0.2, 0.25) is 5.02 Å². The second kappa shape index (κ2) is 6.51. The highest BCUT2D eigenvalue weighted by atomic mass is 35.5. The second-order valence-corrected chi connectivity index (χ2v) is 5.39. The summed E-state index contributed by atoms with van der Waals surface area (Å²) in [4.78, 5) is 13.5. The largest absolute Gasteiger partial charge is 0.464 e. The molecule has 0 aliphatic carbocycles. The molecule has 0 aliphatic heterocycles. The lowest BCUT2D eigenvalue weighted by atomic mass is 10.0. The van der Waals surface area contributed by atoms with Gasteiger partial charge in [-0.3, -0.25) is 4.79 Å². The van der Waals surface area contributed by atoms with E-state index >= 15 is 0 Å². The van der Waals surface area contributed by atoms with Crippen LogP contribution in [-0.2, 0) is 11.2 Å². The van der Waals surface area contributed by atoms with Crippen LogP contribution in [0.15, 0.2) is 16.7 Å². The monoisotopic (exact) mass is 315 g/mol. The van der Waals surface area contributed by atoms with Crippen LogP contribution in [0.3, 0.4) is 0 Å². The van der Waals surface area contributed by atoms with Gasteiger partial charge in [0.2, 0.25) is 5.91 Å². The van der Waals surface area contributed by atoms with E-state index in [9.17, 15) is 4.79 Å². The first kappa shape index (κ1) is 15.9. The summed E-state index contributed by atoms with van der Waals surface area (Å²) in [5.41, 5.74) is 3.16. The quantitative estimate of drug-likeness (QED) is 0.812. The average Bonchev–Trinajstić information content (AvgIpc) is 2.87. The summed E-state index contributed by atoms with van der Waals surface area (Å²) in [7, 11) is 0. The number of carbonyl (C=O) groups is 1. The van der Waals surface area contributed by atoms with Gasteiger partial charge in [0.15, 0.2) is 0 Å². The molecule has 2 rings (SSSR count). The van der Waals surface area contributed by atoms with E-state index in [1.165, 1.54) is 11.2 Å². The van der Waals surface area contributed by atoms with E-state index in [-0.39, 0.29) is 25.4 Å². The summed E-state index contributed by atoms with van der Waals surface area (Å²) >= 11 is 6.26.